The summed E-state index contributed by atoms with van der Waals surface area (Å²) in [6, 6.07) is 0.559. The lowest BCUT2D eigenvalue weighted by Gasteiger charge is -2.60. The van der Waals surface area contributed by atoms with Gasteiger partial charge in [-0.1, -0.05) is 25.5 Å². The molecule has 7 fully saturated rings. The average Bonchev–Trinajstić information content (AvgIpc) is 3.25. The van der Waals surface area contributed by atoms with Crippen molar-refractivity contribution < 1.29 is 14.9 Å². The zero-order valence-electron chi connectivity index (χ0n) is 20.6. The van der Waals surface area contributed by atoms with Crippen molar-refractivity contribution in [2.45, 2.75) is 102 Å². The lowest BCUT2D eigenvalue weighted by Crippen LogP contribution is -2.64. The first-order valence-electron chi connectivity index (χ1n) is 14.3. The van der Waals surface area contributed by atoms with Crippen molar-refractivity contribution in [1.29, 1.82) is 0 Å². The molecule has 0 aromatic carbocycles. The van der Waals surface area contributed by atoms with E-state index in [1.54, 1.807) is 5.57 Å². The molecule has 182 valence electrons. The minimum absolute atomic E-state index is 0.159. The van der Waals surface area contributed by atoms with Gasteiger partial charge in [-0.15, -0.1) is 0 Å². The lowest BCUT2D eigenvalue weighted by atomic mass is 9.47. The molecule has 2 heterocycles. The molecule has 2 unspecified atom stereocenters. The molecule has 8 rings (SSSR count). The second-order valence-electron chi connectivity index (χ2n) is 14.2. The van der Waals surface area contributed by atoms with Crippen molar-refractivity contribution >= 4 is 0 Å². The topological polar surface area (TPSA) is 52.9 Å². The molecule has 3 spiro atoms. The highest BCUT2D eigenvalue weighted by atomic mass is 16.5. The normalized spacial score (nSPS) is 62.5. The van der Waals surface area contributed by atoms with Gasteiger partial charge in [-0.25, -0.2) is 0 Å². The van der Waals surface area contributed by atoms with E-state index in [1.807, 2.05) is 0 Å². The van der Waals surface area contributed by atoms with Gasteiger partial charge in [-0.05, 0) is 98.7 Å². The first kappa shape index (κ1) is 20.7. The van der Waals surface area contributed by atoms with E-state index in [-0.39, 0.29) is 18.3 Å². The lowest BCUT2D eigenvalue weighted by molar-refractivity contribution is -0.211. The van der Waals surface area contributed by atoms with Crippen LogP contribution >= 0.6 is 0 Å². The number of hydrogen-bond donors (Lipinski definition) is 2. The molecular weight excluding hydrogens is 410 g/mol. The Kier molecular flexibility index (Phi) is 3.95. The standard InChI is InChI=1S/C29H43NO3/c1-17-11-24-25(30(15-17)9-10-31)23-14-28-16-27(28)13-22-20(21(27)6-8-29(23,28)33-24)4-3-18-12-19(32)5-7-26(18,22)2/h12,17,19-25,31-32H,3-11,13-16H2,1-2H3/t17-,19-,20-,21-,22-,23+,24+,25-,26-,27?,28?,29+/m0/s1. The summed E-state index contributed by atoms with van der Waals surface area (Å²) in [7, 11) is 0. The third kappa shape index (κ3) is 2.18. The quantitative estimate of drug-likeness (QED) is 0.617. The SMILES string of the molecule is C[C@H]1C[C@H]2O[C@@]34CC[C@H]5[C@@H]6CCC7=C[C@@H](O)CC[C@]7(C)[C@H]6CC56CC63C[C@@H]4[C@@H]2N(CCO)C1. The van der Waals surface area contributed by atoms with Gasteiger partial charge in [0.2, 0.25) is 0 Å². The van der Waals surface area contributed by atoms with Crippen LogP contribution in [0, 0.1) is 45.8 Å². The van der Waals surface area contributed by atoms with Crippen LogP contribution in [0.1, 0.15) is 78.1 Å². The van der Waals surface area contributed by atoms with E-state index in [4.69, 9.17) is 4.74 Å². The first-order chi connectivity index (χ1) is 15.9. The van der Waals surface area contributed by atoms with Crippen LogP contribution < -0.4 is 0 Å². The summed E-state index contributed by atoms with van der Waals surface area (Å²) in [5.41, 5.74) is 3.14. The Morgan fingerprint density at radius 2 is 2.00 bits per heavy atom. The minimum atomic E-state index is -0.200. The molecule has 5 saturated carbocycles. The third-order valence-corrected chi connectivity index (χ3v) is 13.4. The van der Waals surface area contributed by atoms with Crippen molar-refractivity contribution in [3.63, 3.8) is 0 Å². The van der Waals surface area contributed by atoms with Gasteiger partial charge in [0.05, 0.1) is 24.4 Å². The highest BCUT2D eigenvalue weighted by Crippen LogP contribution is 2.93. The molecule has 0 radical (unpaired) electrons. The zero-order valence-corrected chi connectivity index (χ0v) is 20.6. The Morgan fingerprint density at radius 1 is 1.12 bits per heavy atom. The maximum atomic E-state index is 10.3. The van der Waals surface area contributed by atoms with E-state index in [9.17, 15) is 10.2 Å². The molecule has 0 aromatic heterocycles. The molecule has 0 aromatic rings. The predicted molar refractivity (Wildman–Crippen MR) is 126 cm³/mol. The van der Waals surface area contributed by atoms with E-state index in [0.29, 0.717) is 40.2 Å². The number of allylic oxidation sites excluding steroid dienone is 1. The van der Waals surface area contributed by atoms with Gasteiger partial charge in [0.15, 0.2) is 0 Å². The summed E-state index contributed by atoms with van der Waals surface area (Å²) in [5, 5.41) is 20.1. The van der Waals surface area contributed by atoms with E-state index in [0.717, 1.165) is 37.3 Å². The van der Waals surface area contributed by atoms with E-state index in [1.165, 1.54) is 57.8 Å². The number of rotatable bonds is 2. The van der Waals surface area contributed by atoms with Crippen LogP contribution in [-0.4, -0.2) is 58.7 Å². The van der Waals surface area contributed by atoms with Gasteiger partial charge in [0.1, 0.15) is 0 Å². The van der Waals surface area contributed by atoms with E-state index < -0.39 is 0 Å². The summed E-state index contributed by atoms with van der Waals surface area (Å²) in [4.78, 5) is 2.62. The second-order valence-corrected chi connectivity index (χ2v) is 14.2. The maximum Gasteiger partial charge on any atom is 0.0793 e. The fourth-order valence-electron chi connectivity index (χ4n) is 12.3. The number of ether oxygens (including phenoxy) is 1. The van der Waals surface area contributed by atoms with Gasteiger partial charge >= 0.3 is 0 Å². The van der Waals surface area contributed by atoms with Gasteiger partial charge in [-0.3, -0.25) is 4.90 Å². The Labute approximate surface area is 199 Å². The highest BCUT2D eigenvalue weighted by molar-refractivity contribution is 5.41. The molecular formula is C29H43NO3. The smallest absolute Gasteiger partial charge is 0.0793 e. The van der Waals surface area contributed by atoms with Crippen LogP contribution in [0.2, 0.25) is 0 Å². The number of aliphatic hydroxyl groups excluding tert-OH is 2. The number of aliphatic hydroxyl groups is 2. The second kappa shape index (κ2) is 6.28. The van der Waals surface area contributed by atoms with Crippen molar-refractivity contribution in [2.24, 2.45) is 45.8 Å². The molecule has 2 saturated heterocycles. The Bertz CT molecular complexity index is 919. The summed E-state index contributed by atoms with van der Waals surface area (Å²) in [5.74, 6) is 4.05. The zero-order chi connectivity index (χ0) is 22.4. The Balaban J connectivity index is 1.13. The molecule has 2 aliphatic heterocycles. The molecule has 12 atom stereocenters. The fraction of sp³-hybridized carbons (Fsp3) is 0.931. The highest BCUT2D eigenvalue weighted by Gasteiger charge is 2.91. The number of hydrogen-bond acceptors (Lipinski definition) is 4. The van der Waals surface area contributed by atoms with Crippen LogP contribution in [0.5, 0.6) is 0 Å². The molecule has 6 aliphatic carbocycles. The Morgan fingerprint density at radius 3 is 2.85 bits per heavy atom. The van der Waals surface area contributed by atoms with Crippen molar-refractivity contribution in [3.8, 4) is 0 Å². The molecule has 4 nitrogen and oxygen atoms in total. The Hall–Kier alpha value is -0.420. The molecule has 4 heteroatoms. The molecule has 0 amide bonds. The fourth-order valence-corrected chi connectivity index (χ4v) is 12.3. The van der Waals surface area contributed by atoms with Gasteiger partial charge in [0.25, 0.3) is 0 Å². The maximum absolute atomic E-state index is 10.3. The molecule has 0 bridgehead atoms. The third-order valence-electron chi connectivity index (χ3n) is 13.4. The predicted octanol–water partition coefficient (Wildman–Crippen LogP) is 4.15. The van der Waals surface area contributed by atoms with E-state index in [2.05, 4.69) is 24.8 Å². The number of piperidine rings is 1. The number of likely N-dealkylation sites (tertiary alicyclic amines) is 1. The molecule has 2 N–H and O–H groups in total. The summed E-state index contributed by atoms with van der Waals surface area (Å²) in [6.45, 7) is 7.19. The first-order valence-corrected chi connectivity index (χ1v) is 14.3. The van der Waals surface area contributed by atoms with Gasteiger partial charge in [-0.2, -0.15) is 0 Å². The summed E-state index contributed by atoms with van der Waals surface area (Å²) < 4.78 is 7.28. The number of fused-ring (bicyclic) bond motifs is 6. The van der Waals surface area contributed by atoms with Crippen LogP contribution in [0.25, 0.3) is 0 Å². The van der Waals surface area contributed by atoms with Crippen LogP contribution in [0.4, 0.5) is 0 Å². The van der Waals surface area contributed by atoms with Crippen molar-refractivity contribution in [2.75, 3.05) is 19.7 Å². The summed E-state index contributed by atoms with van der Waals surface area (Å²) >= 11 is 0. The van der Waals surface area contributed by atoms with Gasteiger partial charge in [0, 0.05) is 30.5 Å². The minimum Gasteiger partial charge on any atom is -0.395 e. The average molecular weight is 454 g/mol. The molecule has 33 heavy (non-hydrogen) atoms. The summed E-state index contributed by atoms with van der Waals surface area (Å²) in [6.07, 6.45) is 15.4. The van der Waals surface area contributed by atoms with Crippen LogP contribution in [0.15, 0.2) is 11.6 Å². The van der Waals surface area contributed by atoms with Crippen LogP contribution in [0.3, 0.4) is 0 Å². The number of β-amino-alcohol motifs (C(OH)–C–C–N with tert-alkyl or cyclic N) is 1. The molecule has 8 aliphatic rings. The number of nitrogens with zero attached hydrogens (tertiary/aromatic N) is 1. The van der Waals surface area contributed by atoms with Crippen molar-refractivity contribution in [3.05, 3.63) is 11.6 Å². The van der Waals surface area contributed by atoms with E-state index >= 15 is 0 Å². The van der Waals surface area contributed by atoms with Crippen molar-refractivity contribution in [1.82, 2.24) is 4.90 Å². The van der Waals surface area contributed by atoms with Gasteiger partial charge < -0.3 is 14.9 Å². The van der Waals surface area contributed by atoms with Crippen LogP contribution in [-0.2, 0) is 4.74 Å². The largest absolute Gasteiger partial charge is 0.395 e. The monoisotopic (exact) mass is 453 g/mol.